The fourth-order valence-electron chi connectivity index (χ4n) is 2.98. The van der Waals surface area contributed by atoms with Crippen molar-refractivity contribution in [2.45, 2.75) is 25.3 Å². The summed E-state index contributed by atoms with van der Waals surface area (Å²) >= 11 is 5.97. The van der Waals surface area contributed by atoms with Crippen molar-refractivity contribution in [3.63, 3.8) is 0 Å². The zero-order valence-electron chi connectivity index (χ0n) is 13.5. The van der Waals surface area contributed by atoms with E-state index in [0.717, 1.165) is 31.6 Å². The Balaban J connectivity index is 1.57. The molecule has 5 nitrogen and oxygen atoms in total. The highest BCUT2D eigenvalue weighted by atomic mass is 35.5. The van der Waals surface area contributed by atoms with Crippen molar-refractivity contribution in [2.75, 3.05) is 19.8 Å². The van der Waals surface area contributed by atoms with Crippen LogP contribution in [0.1, 0.15) is 30.9 Å². The smallest absolute Gasteiger partial charge is 0.220 e. The van der Waals surface area contributed by atoms with Gasteiger partial charge in [0.15, 0.2) is 0 Å². The van der Waals surface area contributed by atoms with Crippen molar-refractivity contribution in [3.05, 3.63) is 53.6 Å². The van der Waals surface area contributed by atoms with Crippen LogP contribution < -0.4 is 5.32 Å². The molecule has 1 amide bonds. The number of nitrogens with zero attached hydrogens (tertiary/aromatic N) is 2. The average molecular weight is 348 g/mol. The van der Waals surface area contributed by atoms with Crippen molar-refractivity contribution in [2.24, 2.45) is 5.92 Å². The van der Waals surface area contributed by atoms with Crippen LogP contribution >= 0.6 is 11.6 Å². The second-order valence-corrected chi connectivity index (χ2v) is 6.59. The number of benzene rings is 1. The molecule has 0 aliphatic carbocycles. The Morgan fingerprint density at radius 3 is 2.92 bits per heavy atom. The lowest BCUT2D eigenvalue weighted by Crippen LogP contribution is -2.31. The minimum Gasteiger partial charge on any atom is -0.381 e. The minimum atomic E-state index is 0.00327. The number of carbonyl (C=O) groups excluding carboxylic acids is 1. The Morgan fingerprint density at radius 1 is 1.42 bits per heavy atom. The SMILES string of the molecule is O=C(CC[C@@H]1CCOC1)NC[C@H](c1ccc(Cl)cc1)n1ccnc1. The van der Waals surface area contributed by atoms with Gasteiger partial charge in [-0.25, -0.2) is 4.98 Å². The molecule has 1 fully saturated rings. The molecule has 1 N–H and O–H groups in total. The maximum Gasteiger partial charge on any atom is 0.220 e. The van der Waals surface area contributed by atoms with Crippen LogP contribution in [0.25, 0.3) is 0 Å². The highest BCUT2D eigenvalue weighted by molar-refractivity contribution is 6.30. The third kappa shape index (κ3) is 4.58. The van der Waals surface area contributed by atoms with Crippen LogP contribution in [0.4, 0.5) is 0 Å². The maximum absolute atomic E-state index is 12.2. The van der Waals surface area contributed by atoms with Crippen LogP contribution in [-0.2, 0) is 9.53 Å². The fraction of sp³-hybridized carbons (Fsp3) is 0.444. The van der Waals surface area contributed by atoms with Crippen molar-refractivity contribution in [1.82, 2.24) is 14.9 Å². The summed E-state index contributed by atoms with van der Waals surface area (Å²) in [6.07, 6.45) is 7.91. The summed E-state index contributed by atoms with van der Waals surface area (Å²) in [7, 11) is 0. The zero-order valence-corrected chi connectivity index (χ0v) is 14.3. The molecule has 0 radical (unpaired) electrons. The molecule has 1 aliphatic heterocycles. The molecule has 2 heterocycles. The second-order valence-electron chi connectivity index (χ2n) is 6.15. The molecule has 1 aliphatic rings. The Labute approximate surface area is 147 Å². The van der Waals surface area contributed by atoms with Crippen LogP contribution in [0.3, 0.4) is 0 Å². The summed E-state index contributed by atoms with van der Waals surface area (Å²) in [4.78, 5) is 16.3. The standard InChI is InChI=1S/C18H22ClN3O2/c19-16-4-2-15(3-5-16)17(22-9-8-20-13-22)11-21-18(23)6-1-14-7-10-24-12-14/h2-5,8-9,13-14,17H,1,6-7,10-12H2,(H,21,23)/t14-,17-/m1/s1. The molecular weight excluding hydrogens is 326 g/mol. The van der Waals surface area contributed by atoms with Gasteiger partial charge in [-0.15, -0.1) is 0 Å². The van der Waals surface area contributed by atoms with E-state index in [1.165, 1.54) is 0 Å². The number of rotatable bonds is 7. The van der Waals surface area contributed by atoms with E-state index in [0.29, 0.717) is 23.9 Å². The van der Waals surface area contributed by atoms with E-state index >= 15 is 0 Å². The molecule has 6 heteroatoms. The zero-order chi connectivity index (χ0) is 16.8. The quantitative estimate of drug-likeness (QED) is 0.837. The predicted octanol–water partition coefficient (Wildman–Crippen LogP) is 3.06. The van der Waals surface area contributed by atoms with Crippen LogP contribution in [0, 0.1) is 5.92 Å². The molecule has 1 aromatic heterocycles. The average Bonchev–Trinajstić information content (AvgIpc) is 3.28. The Kier molecular flexibility index (Phi) is 5.88. The van der Waals surface area contributed by atoms with Gasteiger partial charge in [-0.05, 0) is 36.5 Å². The largest absolute Gasteiger partial charge is 0.381 e. The van der Waals surface area contributed by atoms with Gasteiger partial charge in [0.05, 0.1) is 12.4 Å². The normalized spacial score (nSPS) is 18.5. The van der Waals surface area contributed by atoms with Crippen molar-refractivity contribution in [3.8, 4) is 0 Å². The van der Waals surface area contributed by atoms with Crippen LogP contribution in [0.2, 0.25) is 5.02 Å². The van der Waals surface area contributed by atoms with E-state index in [1.54, 1.807) is 12.5 Å². The van der Waals surface area contributed by atoms with Gasteiger partial charge in [-0.1, -0.05) is 23.7 Å². The van der Waals surface area contributed by atoms with Gasteiger partial charge in [-0.2, -0.15) is 0 Å². The monoisotopic (exact) mass is 347 g/mol. The lowest BCUT2D eigenvalue weighted by atomic mass is 10.0. The van der Waals surface area contributed by atoms with E-state index in [2.05, 4.69) is 10.3 Å². The lowest BCUT2D eigenvalue weighted by molar-refractivity contribution is -0.121. The molecule has 2 aromatic rings. The van der Waals surface area contributed by atoms with E-state index in [9.17, 15) is 4.79 Å². The Bertz CT molecular complexity index is 637. The van der Waals surface area contributed by atoms with E-state index in [4.69, 9.17) is 16.3 Å². The number of nitrogens with one attached hydrogen (secondary N) is 1. The summed E-state index contributed by atoms with van der Waals surface area (Å²) in [5.41, 5.74) is 1.09. The third-order valence-electron chi connectivity index (χ3n) is 4.44. The number of aromatic nitrogens is 2. The van der Waals surface area contributed by atoms with Gasteiger partial charge in [0.25, 0.3) is 0 Å². The van der Waals surface area contributed by atoms with E-state index in [-0.39, 0.29) is 11.9 Å². The predicted molar refractivity (Wildman–Crippen MR) is 93.0 cm³/mol. The van der Waals surface area contributed by atoms with Crippen molar-refractivity contribution >= 4 is 17.5 Å². The number of hydrogen-bond donors (Lipinski definition) is 1. The molecule has 1 saturated heterocycles. The molecule has 0 saturated carbocycles. The molecule has 0 unspecified atom stereocenters. The first kappa shape index (κ1) is 17.0. The van der Waals surface area contributed by atoms with Gasteiger partial charge in [0.2, 0.25) is 5.91 Å². The van der Waals surface area contributed by atoms with Crippen LogP contribution in [0.5, 0.6) is 0 Å². The van der Waals surface area contributed by atoms with E-state index < -0.39 is 0 Å². The summed E-state index contributed by atoms with van der Waals surface area (Å²) in [6.45, 7) is 2.14. The van der Waals surface area contributed by atoms with Crippen molar-refractivity contribution < 1.29 is 9.53 Å². The first-order valence-electron chi connectivity index (χ1n) is 8.29. The van der Waals surface area contributed by atoms with Gasteiger partial charge >= 0.3 is 0 Å². The van der Waals surface area contributed by atoms with Crippen LogP contribution in [-0.4, -0.2) is 35.2 Å². The highest BCUT2D eigenvalue weighted by Crippen LogP contribution is 2.21. The summed E-state index contributed by atoms with van der Waals surface area (Å²) in [6, 6.07) is 7.69. The van der Waals surface area contributed by atoms with Gasteiger partial charge in [-0.3, -0.25) is 4.79 Å². The molecule has 3 rings (SSSR count). The molecule has 1 aromatic carbocycles. The second kappa shape index (κ2) is 8.31. The minimum absolute atomic E-state index is 0.00327. The lowest BCUT2D eigenvalue weighted by Gasteiger charge is -2.20. The molecular formula is C18H22ClN3O2. The number of ether oxygens (including phenoxy) is 1. The summed E-state index contributed by atoms with van der Waals surface area (Å²) in [5.74, 6) is 0.609. The Hall–Kier alpha value is -1.85. The molecule has 24 heavy (non-hydrogen) atoms. The molecule has 128 valence electrons. The van der Waals surface area contributed by atoms with E-state index in [1.807, 2.05) is 35.0 Å². The number of hydrogen-bond acceptors (Lipinski definition) is 3. The maximum atomic E-state index is 12.2. The van der Waals surface area contributed by atoms with Gasteiger partial charge in [0, 0.05) is 43.6 Å². The molecule has 0 spiro atoms. The Morgan fingerprint density at radius 2 is 2.25 bits per heavy atom. The molecule has 2 atom stereocenters. The number of carbonyl (C=O) groups is 1. The fourth-order valence-corrected chi connectivity index (χ4v) is 3.11. The first-order chi connectivity index (χ1) is 11.7. The summed E-state index contributed by atoms with van der Waals surface area (Å²) in [5, 5.41) is 3.75. The highest BCUT2D eigenvalue weighted by Gasteiger charge is 2.18. The third-order valence-corrected chi connectivity index (χ3v) is 4.69. The van der Waals surface area contributed by atoms with Crippen molar-refractivity contribution in [1.29, 1.82) is 0 Å². The topological polar surface area (TPSA) is 56.1 Å². The van der Waals surface area contributed by atoms with Gasteiger partial charge in [0.1, 0.15) is 0 Å². The number of imidazole rings is 1. The van der Waals surface area contributed by atoms with Gasteiger partial charge < -0.3 is 14.6 Å². The summed E-state index contributed by atoms with van der Waals surface area (Å²) < 4.78 is 7.35. The number of halogens is 1. The van der Waals surface area contributed by atoms with Crippen LogP contribution in [0.15, 0.2) is 43.0 Å². The molecule has 0 bridgehead atoms. The number of amides is 1. The first-order valence-corrected chi connectivity index (χ1v) is 8.67.